The van der Waals surface area contributed by atoms with Gasteiger partial charge in [0.15, 0.2) is 17.4 Å². The predicted octanol–water partition coefficient (Wildman–Crippen LogP) is 3.17. The average molecular weight is 287 g/mol. The first-order chi connectivity index (χ1) is 10.1. The maximum Gasteiger partial charge on any atom is 0.183 e. The van der Waals surface area contributed by atoms with Crippen LogP contribution in [0.15, 0.2) is 36.4 Å². The van der Waals surface area contributed by atoms with Crippen molar-refractivity contribution in [1.82, 2.24) is 5.32 Å². The number of fused-ring (bicyclic) bond motifs is 1. The molecule has 0 saturated heterocycles. The highest BCUT2D eigenvalue weighted by atomic mass is 19.2. The van der Waals surface area contributed by atoms with Crippen molar-refractivity contribution < 1.29 is 13.6 Å². The van der Waals surface area contributed by atoms with E-state index in [0.29, 0.717) is 13.0 Å². The van der Waals surface area contributed by atoms with Crippen molar-refractivity contribution in [3.63, 3.8) is 0 Å². The van der Waals surface area contributed by atoms with E-state index in [2.05, 4.69) is 5.32 Å². The molecule has 3 rings (SSSR count). The number of aryl methyl sites for hydroxylation is 1. The molecule has 4 heteroatoms. The van der Waals surface area contributed by atoms with Crippen LogP contribution in [0.3, 0.4) is 0 Å². The Kier molecular flexibility index (Phi) is 3.55. The van der Waals surface area contributed by atoms with Crippen molar-refractivity contribution in [1.29, 1.82) is 0 Å². The van der Waals surface area contributed by atoms with Gasteiger partial charge in [-0.15, -0.1) is 0 Å². The van der Waals surface area contributed by atoms with Gasteiger partial charge in [0.2, 0.25) is 0 Å². The van der Waals surface area contributed by atoms with Gasteiger partial charge < -0.3 is 5.32 Å². The zero-order valence-electron chi connectivity index (χ0n) is 11.6. The molecule has 1 heterocycles. The fourth-order valence-corrected chi connectivity index (χ4v) is 2.66. The van der Waals surface area contributed by atoms with Crippen molar-refractivity contribution in [2.24, 2.45) is 0 Å². The van der Waals surface area contributed by atoms with E-state index in [1.165, 1.54) is 19.1 Å². The molecule has 2 nitrogen and oxygen atoms in total. The molecule has 1 aliphatic rings. The summed E-state index contributed by atoms with van der Waals surface area (Å²) in [6.45, 7) is 2.03. The number of ketones is 1. The van der Waals surface area contributed by atoms with Crippen LogP contribution in [0.1, 0.15) is 27.0 Å². The van der Waals surface area contributed by atoms with Crippen LogP contribution in [0.2, 0.25) is 0 Å². The highest BCUT2D eigenvalue weighted by molar-refractivity contribution is 6.00. The Balaban J connectivity index is 1.89. The first-order valence-electron chi connectivity index (χ1n) is 6.87. The Morgan fingerprint density at radius 1 is 1.10 bits per heavy atom. The Morgan fingerprint density at radius 3 is 2.57 bits per heavy atom. The van der Waals surface area contributed by atoms with E-state index in [0.717, 1.165) is 11.1 Å². The summed E-state index contributed by atoms with van der Waals surface area (Å²) in [5, 5.41) is 3.10. The van der Waals surface area contributed by atoms with Crippen molar-refractivity contribution in [2.75, 3.05) is 0 Å². The van der Waals surface area contributed by atoms with Crippen LogP contribution in [0.25, 0.3) is 0 Å². The minimum atomic E-state index is -1.05. The maximum atomic E-state index is 13.9. The van der Waals surface area contributed by atoms with Gasteiger partial charge in [0.1, 0.15) is 0 Å². The number of carbonyl (C=O) groups is 1. The third-order valence-electron chi connectivity index (χ3n) is 3.94. The molecule has 0 fully saturated rings. The summed E-state index contributed by atoms with van der Waals surface area (Å²) in [4.78, 5) is 12.4. The number of hydrogen-bond acceptors (Lipinski definition) is 2. The van der Waals surface area contributed by atoms with Gasteiger partial charge in [0, 0.05) is 6.54 Å². The first-order valence-corrected chi connectivity index (χ1v) is 6.87. The molecule has 0 saturated carbocycles. The Hall–Kier alpha value is -2.07. The van der Waals surface area contributed by atoms with E-state index < -0.39 is 23.5 Å². The molecule has 21 heavy (non-hydrogen) atoms. The van der Waals surface area contributed by atoms with E-state index in [1.807, 2.05) is 24.3 Å². The third kappa shape index (κ3) is 2.47. The quantitative estimate of drug-likeness (QED) is 0.860. The fraction of sp³-hybridized carbons (Fsp3) is 0.235. The molecular weight excluding hydrogens is 272 g/mol. The molecule has 0 radical (unpaired) electrons. The van der Waals surface area contributed by atoms with Crippen molar-refractivity contribution in [3.05, 3.63) is 70.3 Å². The number of nitrogens with one attached hydrogen (secondary N) is 1. The minimum Gasteiger partial charge on any atom is -0.303 e. The lowest BCUT2D eigenvalue weighted by Gasteiger charge is -2.25. The maximum absolute atomic E-state index is 13.9. The normalized spacial score (nSPS) is 17.4. The summed E-state index contributed by atoms with van der Waals surface area (Å²) in [7, 11) is 0. The SMILES string of the molecule is Cc1ccc(C(=O)C2Cc3ccccc3CN2)c(F)c1F. The summed E-state index contributed by atoms with van der Waals surface area (Å²) in [6, 6.07) is 10.1. The van der Waals surface area contributed by atoms with Crippen molar-refractivity contribution >= 4 is 5.78 Å². The molecule has 1 aliphatic heterocycles. The van der Waals surface area contributed by atoms with E-state index in [1.54, 1.807) is 0 Å². The Labute approximate surface area is 121 Å². The van der Waals surface area contributed by atoms with E-state index in [4.69, 9.17) is 0 Å². The number of hydrogen-bond donors (Lipinski definition) is 1. The average Bonchev–Trinajstić information content (AvgIpc) is 2.52. The minimum absolute atomic E-state index is 0.185. The lowest BCUT2D eigenvalue weighted by Crippen LogP contribution is -2.42. The van der Waals surface area contributed by atoms with Crippen LogP contribution < -0.4 is 5.32 Å². The summed E-state index contributed by atoms with van der Waals surface area (Å²) < 4.78 is 27.6. The molecule has 1 N–H and O–H groups in total. The number of carbonyl (C=O) groups excluding carboxylic acids is 1. The lowest BCUT2D eigenvalue weighted by atomic mass is 9.91. The third-order valence-corrected chi connectivity index (χ3v) is 3.94. The van der Waals surface area contributed by atoms with Gasteiger partial charge in [-0.2, -0.15) is 0 Å². The zero-order valence-corrected chi connectivity index (χ0v) is 11.6. The largest absolute Gasteiger partial charge is 0.303 e. The molecule has 2 aromatic rings. The predicted molar refractivity (Wildman–Crippen MR) is 76.2 cm³/mol. The summed E-state index contributed by atoms with van der Waals surface area (Å²) in [6.07, 6.45) is 0.490. The second kappa shape index (κ2) is 5.37. The van der Waals surface area contributed by atoms with Crippen LogP contribution in [0.4, 0.5) is 8.78 Å². The summed E-state index contributed by atoms with van der Waals surface area (Å²) >= 11 is 0. The van der Waals surface area contributed by atoms with Crippen LogP contribution >= 0.6 is 0 Å². The van der Waals surface area contributed by atoms with Crippen molar-refractivity contribution in [3.8, 4) is 0 Å². The number of rotatable bonds is 2. The van der Waals surface area contributed by atoms with Gasteiger partial charge in [-0.1, -0.05) is 30.3 Å². The number of Topliss-reactive ketones (excluding diaryl/α,β-unsaturated/α-hetero) is 1. The molecular formula is C17H15F2NO. The van der Waals surface area contributed by atoms with Crippen LogP contribution in [-0.2, 0) is 13.0 Å². The van der Waals surface area contributed by atoms with Gasteiger partial charge in [0.25, 0.3) is 0 Å². The summed E-state index contributed by atoms with van der Waals surface area (Å²) in [5.41, 5.74) is 2.22. The molecule has 0 aliphatic carbocycles. The summed E-state index contributed by atoms with van der Waals surface area (Å²) in [5.74, 6) is -2.40. The monoisotopic (exact) mass is 287 g/mol. The van der Waals surface area contributed by atoms with Gasteiger partial charge in [0.05, 0.1) is 11.6 Å². The number of halogens is 2. The highest BCUT2D eigenvalue weighted by Gasteiger charge is 2.27. The van der Waals surface area contributed by atoms with Gasteiger partial charge in [-0.3, -0.25) is 4.79 Å². The smallest absolute Gasteiger partial charge is 0.183 e. The molecule has 2 aromatic carbocycles. The fourth-order valence-electron chi connectivity index (χ4n) is 2.66. The Bertz CT molecular complexity index is 712. The molecule has 1 atom stereocenters. The van der Waals surface area contributed by atoms with Gasteiger partial charge in [-0.25, -0.2) is 8.78 Å². The first kappa shape index (κ1) is 13.9. The molecule has 108 valence electrons. The van der Waals surface area contributed by atoms with E-state index in [-0.39, 0.29) is 11.1 Å². The molecule has 0 amide bonds. The van der Waals surface area contributed by atoms with Crippen LogP contribution in [-0.4, -0.2) is 11.8 Å². The second-order valence-electron chi connectivity index (χ2n) is 5.33. The Morgan fingerprint density at radius 2 is 1.81 bits per heavy atom. The molecule has 0 aromatic heterocycles. The van der Waals surface area contributed by atoms with E-state index >= 15 is 0 Å². The highest BCUT2D eigenvalue weighted by Crippen LogP contribution is 2.21. The van der Waals surface area contributed by atoms with Crippen LogP contribution in [0, 0.1) is 18.6 Å². The topological polar surface area (TPSA) is 29.1 Å². The van der Waals surface area contributed by atoms with Gasteiger partial charge >= 0.3 is 0 Å². The standard InChI is InChI=1S/C17H15F2NO/c1-10-6-7-13(16(19)15(10)18)17(21)14-8-11-4-2-3-5-12(11)9-20-14/h2-7,14,20H,8-9H2,1H3. The lowest BCUT2D eigenvalue weighted by molar-refractivity contribution is 0.0933. The van der Waals surface area contributed by atoms with Crippen molar-refractivity contribution in [2.45, 2.75) is 25.9 Å². The van der Waals surface area contributed by atoms with E-state index in [9.17, 15) is 13.6 Å². The second-order valence-corrected chi connectivity index (χ2v) is 5.33. The molecule has 0 bridgehead atoms. The zero-order chi connectivity index (χ0) is 15.0. The number of benzene rings is 2. The van der Waals surface area contributed by atoms with Crippen LogP contribution in [0.5, 0.6) is 0 Å². The molecule has 0 spiro atoms. The van der Waals surface area contributed by atoms with Gasteiger partial charge in [-0.05, 0) is 36.1 Å². The molecule has 1 unspecified atom stereocenters.